The number of alkyl halides is 6. The van der Waals surface area contributed by atoms with Gasteiger partial charge < -0.3 is 9.47 Å². The fourth-order valence-electron chi connectivity index (χ4n) is 2.50. The third-order valence-electron chi connectivity index (χ3n) is 3.95. The zero-order valence-electron chi connectivity index (χ0n) is 16.5. The molecule has 1 aliphatic carbocycles. The molecule has 14 heteroatoms. The number of carbonyl (C=O) groups excluding carboxylic acids is 1. The summed E-state index contributed by atoms with van der Waals surface area (Å²) in [6.45, 7) is -3.51. The Morgan fingerprint density at radius 2 is 1.61 bits per heavy atom. The van der Waals surface area contributed by atoms with Gasteiger partial charge in [0.15, 0.2) is 19.0 Å². The van der Waals surface area contributed by atoms with Crippen LogP contribution < -0.4 is 14.4 Å². The van der Waals surface area contributed by atoms with Gasteiger partial charge in [-0.3, -0.25) is 9.69 Å². The number of ether oxygens (including phenoxy) is 2. The van der Waals surface area contributed by atoms with Gasteiger partial charge in [0.1, 0.15) is 11.6 Å². The lowest BCUT2D eigenvalue weighted by atomic mass is 10.3. The number of carbonyl (C=O) groups is 1. The van der Waals surface area contributed by atoms with Crippen molar-refractivity contribution >= 4 is 17.8 Å². The number of halogens is 7. The van der Waals surface area contributed by atoms with Crippen LogP contribution in [-0.2, 0) is 4.79 Å². The van der Waals surface area contributed by atoms with E-state index in [0.29, 0.717) is 18.9 Å². The zero-order chi connectivity index (χ0) is 24.2. The van der Waals surface area contributed by atoms with Crippen LogP contribution in [-0.4, -0.2) is 52.5 Å². The highest BCUT2D eigenvalue weighted by Gasteiger charge is 2.34. The number of nitrogens with zero attached hydrogens (tertiary/aromatic N) is 4. The van der Waals surface area contributed by atoms with E-state index in [1.54, 1.807) is 0 Å². The maximum absolute atomic E-state index is 13.1. The van der Waals surface area contributed by atoms with Gasteiger partial charge in [-0.1, -0.05) is 0 Å². The van der Waals surface area contributed by atoms with Gasteiger partial charge in [0.2, 0.25) is 11.8 Å². The third kappa shape index (κ3) is 7.88. The largest absolute Gasteiger partial charge is 0.468 e. The predicted octanol–water partition coefficient (Wildman–Crippen LogP) is 4.10. The Balaban J connectivity index is 1.81. The van der Waals surface area contributed by atoms with Crippen molar-refractivity contribution in [2.24, 2.45) is 0 Å². The lowest BCUT2D eigenvalue weighted by Gasteiger charge is -2.19. The normalized spacial score (nSPS) is 14.4. The van der Waals surface area contributed by atoms with E-state index >= 15 is 0 Å². The molecule has 0 saturated heterocycles. The lowest BCUT2D eigenvalue weighted by Crippen LogP contribution is -2.32. The summed E-state index contributed by atoms with van der Waals surface area (Å²) in [7, 11) is 0. The first-order valence-electron chi connectivity index (χ1n) is 9.31. The molecule has 1 amide bonds. The van der Waals surface area contributed by atoms with Gasteiger partial charge in [-0.2, -0.15) is 36.3 Å². The summed E-state index contributed by atoms with van der Waals surface area (Å²) in [5.74, 6) is -2.89. The van der Waals surface area contributed by atoms with Crippen LogP contribution in [0.1, 0.15) is 18.7 Å². The van der Waals surface area contributed by atoms with Gasteiger partial charge in [0.25, 0.3) is 5.91 Å². The summed E-state index contributed by atoms with van der Waals surface area (Å²) in [6, 6.07) is 2.89. The molecule has 0 unspecified atom stereocenters. The Bertz CT molecular complexity index is 970. The smallest absolute Gasteiger partial charge is 0.422 e. The minimum atomic E-state index is -4.73. The quantitative estimate of drug-likeness (QED) is 0.418. The second-order valence-electron chi connectivity index (χ2n) is 6.82. The van der Waals surface area contributed by atoms with E-state index in [1.807, 2.05) is 0 Å². The van der Waals surface area contributed by atoms with Crippen molar-refractivity contribution in [2.45, 2.75) is 31.2 Å². The Morgan fingerprint density at radius 3 is 2.06 bits per heavy atom. The minimum Gasteiger partial charge on any atom is -0.468 e. The Morgan fingerprint density at radius 1 is 1.03 bits per heavy atom. The van der Waals surface area contributed by atoms with E-state index in [4.69, 9.17) is 0 Å². The molecule has 33 heavy (non-hydrogen) atoms. The molecule has 2 aromatic rings. The van der Waals surface area contributed by atoms with Crippen molar-refractivity contribution in [3.8, 4) is 11.8 Å². The van der Waals surface area contributed by atoms with Crippen molar-refractivity contribution in [2.75, 3.05) is 18.1 Å². The lowest BCUT2D eigenvalue weighted by molar-refractivity contribution is -0.154. The number of hydrogen-bond donors (Lipinski definition) is 0. The molecule has 0 atom stereocenters. The number of pyridine rings is 1. The minimum absolute atomic E-state index is 0.172. The fourth-order valence-corrected chi connectivity index (χ4v) is 2.50. The van der Waals surface area contributed by atoms with Gasteiger partial charge in [0.05, 0.1) is 12.3 Å². The Kier molecular flexibility index (Phi) is 7.03. The molecule has 1 fully saturated rings. The van der Waals surface area contributed by atoms with Crippen molar-refractivity contribution in [3.63, 3.8) is 0 Å². The van der Waals surface area contributed by atoms with Gasteiger partial charge in [-0.15, -0.1) is 0 Å². The highest BCUT2D eigenvalue weighted by Crippen LogP contribution is 2.31. The molecule has 1 aliphatic rings. The maximum atomic E-state index is 13.1. The first-order valence-corrected chi connectivity index (χ1v) is 9.31. The predicted molar refractivity (Wildman–Crippen MR) is 98.9 cm³/mol. The van der Waals surface area contributed by atoms with Crippen molar-refractivity contribution in [3.05, 3.63) is 42.1 Å². The molecule has 1 saturated carbocycles. The second-order valence-corrected chi connectivity index (χ2v) is 6.82. The van der Waals surface area contributed by atoms with Gasteiger partial charge in [-0.05, 0) is 31.1 Å². The van der Waals surface area contributed by atoms with E-state index in [1.165, 1.54) is 11.0 Å². The van der Waals surface area contributed by atoms with E-state index in [2.05, 4.69) is 24.4 Å². The number of aromatic nitrogens is 3. The summed E-state index contributed by atoms with van der Waals surface area (Å²) >= 11 is 0. The van der Waals surface area contributed by atoms with Crippen molar-refractivity contribution < 1.29 is 45.0 Å². The average Bonchev–Trinajstić information content (AvgIpc) is 3.55. The molecule has 0 radical (unpaired) electrons. The van der Waals surface area contributed by atoms with E-state index < -0.39 is 54.9 Å². The molecule has 2 heterocycles. The second kappa shape index (κ2) is 9.58. The topological polar surface area (TPSA) is 77.4 Å². The average molecular weight is 480 g/mol. The summed E-state index contributed by atoms with van der Waals surface area (Å²) in [4.78, 5) is 25.1. The summed E-state index contributed by atoms with van der Waals surface area (Å²) in [5.41, 5.74) is 0. The Labute approximate surface area is 181 Å². The third-order valence-corrected chi connectivity index (χ3v) is 3.95. The van der Waals surface area contributed by atoms with Crippen molar-refractivity contribution in [1.82, 2.24) is 15.0 Å². The van der Waals surface area contributed by atoms with Crippen LogP contribution in [0.2, 0.25) is 0 Å². The van der Waals surface area contributed by atoms with Crippen LogP contribution in [0.25, 0.3) is 6.08 Å². The summed E-state index contributed by atoms with van der Waals surface area (Å²) in [5, 5.41) is 0. The van der Waals surface area contributed by atoms with Crippen molar-refractivity contribution in [1.29, 1.82) is 0 Å². The molecule has 178 valence electrons. The first kappa shape index (κ1) is 24.2. The Hall–Kier alpha value is -3.45. The molecular weight excluding hydrogens is 465 g/mol. The van der Waals surface area contributed by atoms with Gasteiger partial charge in [-0.25, -0.2) is 9.37 Å². The molecule has 0 aromatic carbocycles. The maximum Gasteiger partial charge on any atom is 0.422 e. The molecule has 0 N–H and O–H groups in total. The molecule has 3 rings (SSSR count). The van der Waals surface area contributed by atoms with Crippen LogP contribution >= 0.6 is 0 Å². The van der Waals surface area contributed by atoms with Crippen LogP contribution in [0, 0.1) is 5.82 Å². The van der Waals surface area contributed by atoms with Crippen LogP contribution in [0.5, 0.6) is 11.8 Å². The molecule has 0 bridgehead atoms. The monoisotopic (exact) mass is 480 g/mol. The molecule has 0 spiro atoms. The molecule has 0 aliphatic heterocycles. The number of hydrogen-bond acceptors (Lipinski definition) is 6. The molecular formula is C19H15F7N4O3. The van der Waals surface area contributed by atoms with E-state index in [0.717, 1.165) is 24.4 Å². The van der Waals surface area contributed by atoms with Gasteiger partial charge in [0, 0.05) is 12.1 Å². The first-order chi connectivity index (χ1) is 15.4. The highest BCUT2D eigenvalue weighted by molar-refractivity contribution is 6.03. The van der Waals surface area contributed by atoms with Crippen LogP contribution in [0.4, 0.5) is 36.6 Å². The molecule has 7 nitrogen and oxygen atoms in total. The van der Waals surface area contributed by atoms with Crippen LogP contribution in [0.3, 0.4) is 0 Å². The summed E-state index contributed by atoms with van der Waals surface area (Å²) in [6.07, 6.45) is -5.25. The highest BCUT2D eigenvalue weighted by atomic mass is 19.4. The standard InChI is InChI=1S/C19H15F7N4O3/c20-11-1-5-14(27-8-11)30(12-2-3-12)17(31)6-4-13-28-15(32-9-18(21,22)23)7-16(29-13)33-10-19(24,25)26/h1,4-8,12H,2-3,9-10H2/b6-4-. The fraction of sp³-hybridized carbons (Fsp3) is 0.368. The summed E-state index contributed by atoms with van der Waals surface area (Å²) < 4.78 is 96.5. The zero-order valence-corrected chi connectivity index (χ0v) is 16.5. The van der Waals surface area contributed by atoms with Gasteiger partial charge >= 0.3 is 12.4 Å². The SMILES string of the molecule is O=C(/C=C\c1nc(OCC(F)(F)F)cc(OCC(F)(F)F)n1)N(c1ccc(F)cn1)C1CC1. The van der Waals surface area contributed by atoms with E-state index in [-0.39, 0.29) is 11.9 Å². The van der Waals surface area contributed by atoms with Crippen LogP contribution in [0.15, 0.2) is 30.5 Å². The van der Waals surface area contributed by atoms with E-state index in [9.17, 15) is 35.5 Å². The molecule has 2 aromatic heterocycles. The number of anilines is 1. The number of rotatable bonds is 8. The number of amides is 1.